The lowest BCUT2D eigenvalue weighted by molar-refractivity contribution is 1.18. The third kappa shape index (κ3) is 7.03. The first-order valence-electron chi connectivity index (χ1n) is 27.4. The van der Waals surface area contributed by atoms with E-state index in [1.165, 1.54) is 153 Å². The van der Waals surface area contributed by atoms with E-state index in [9.17, 15) is 0 Å². The Morgan fingerprint density at radius 2 is 0.481 bits per heavy atom. The molecular weight excluding hydrogens is 951 g/mol. The Balaban J connectivity index is 0.859. The SMILES string of the molecule is c1ccc(-c2c3ccccc3c(-c3ccc(-c4cccc5c4ccc4c5c5c6ccccc6c(-c6ccc(-c7c8ccccc8c(-c8ccccc8)c8ccccc78)cc6)cc5n4-c4ccccc4)cc3)c3ccccc23)cc1. The van der Waals surface area contributed by atoms with Crippen LogP contribution in [-0.4, -0.2) is 4.57 Å². The molecule has 0 radical (unpaired) electrons. The molecule has 0 amide bonds. The van der Waals surface area contributed by atoms with Crippen LogP contribution in [0.2, 0.25) is 0 Å². The summed E-state index contributed by atoms with van der Waals surface area (Å²) in [5.41, 5.74) is 18.3. The number of benzene rings is 15. The molecule has 0 atom stereocenters. The Kier molecular flexibility index (Phi) is 10.3. The van der Waals surface area contributed by atoms with E-state index in [4.69, 9.17) is 0 Å². The lowest BCUT2D eigenvalue weighted by Crippen LogP contribution is -1.94. The van der Waals surface area contributed by atoms with Crippen LogP contribution in [0.1, 0.15) is 0 Å². The molecule has 79 heavy (non-hydrogen) atoms. The third-order valence-electron chi connectivity index (χ3n) is 16.8. The van der Waals surface area contributed by atoms with Crippen molar-refractivity contribution in [2.24, 2.45) is 0 Å². The fourth-order valence-corrected chi connectivity index (χ4v) is 13.4. The van der Waals surface area contributed by atoms with Crippen LogP contribution in [0.4, 0.5) is 0 Å². The first-order valence-corrected chi connectivity index (χ1v) is 27.4. The maximum Gasteiger partial charge on any atom is 0.0553 e. The molecule has 1 nitrogen and oxygen atoms in total. The van der Waals surface area contributed by atoms with Gasteiger partial charge in [0.05, 0.1) is 11.0 Å². The number of rotatable bonds is 7. The average molecular weight is 1000 g/mol. The number of hydrogen-bond acceptors (Lipinski definition) is 0. The number of para-hydroxylation sites is 1. The van der Waals surface area contributed by atoms with Crippen molar-refractivity contribution in [3.8, 4) is 72.4 Å². The largest absolute Gasteiger partial charge is 0.309 e. The van der Waals surface area contributed by atoms with E-state index in [-0.39, 0.29) is 0 Å². The molecule has 16 aromatic rings. The van der Waals surface area contributed by atoms with E-state index in [1.54, 1.807) is 0 Å². The van der Waals surface area contributed by atoms with Crippen LogP contribution in [-0.2, 0) is 0 Å². The zero-order chi connectivity index (χ0) is 52.0. The Bertz CT molecular complexity index is 4940. The van der Waals surface area contributed by atoms with Crippen LogP contribution < -0.4 is 0 Å². The highest BCUT2D eigenvalue weighted by Crippen LogP contribution is 2.49. The smallest absolute Gasteiger partial charge is 0.0553 e. The summed E-state index contributed by atoms with van der Waals surface area (Å²) in [7, 11) is 0. The van der Waals surface area contributed by atoms with Crippen molar-refractivity contribution in [1.82, 2.24) is 4.57 Å². The van der Waals surface area contributed by atoms with E-state index in [1.807, 2.05) is 0 Å². The Morgan fingerprint density at radius 3 is 0.911 bits per heavy atom. The van der Waals surface area contributed by atoms with Gasteiger partial charge in [0.25, 0.3) is 0 Å². The topological polar surface area (TPSA) is 4.93 Å². The molecule has 0 aliphatic carbocycles. The molecule has 0 saturated heterocycles. The summed E-state index contributed by atoms with van der Waals surface area (Å²) in [6, 6.07) is 110. The molecule has 16 rings (SSSR count). The predicted molar refractivity (Wildman–Crippen MR) is 338 cm³/mol. The summed E-state index contributed by atoms with van der Waals surface area (Å²) < 4.78 is 2.49. The molecule has 1 heterocycles. The molecule has 0 fully saturated rings. The van der Waals surface area contributed by atoms with Gasteiger partial charge in [-0.05, 0) is 156 Å². The highest BCUT2D eigenvalue weighted by molar-refractivity contribution is 6.31. The van der Waals surface area contributed by atoms with Crippen LogP contribution in [0.15, 0.2) is 297 Å². The molecular formula is C78H49N. The average Bonchev–Trinajstić information content (AvgIpc) is 4.15. The van der Waals surface area contributed by atoms with Crippen molar-refractivity contribution in [1.29, 1.82) is 0 Å². The molecule has 15 aromatic carbocycles. The van der Waals surface area contributed by atoms with Gasteiger partial charge in [-0.25, -0.2) is 0 Å². The molecule has 1 heteroatoms. The summed E-state index contributed by atoms with van der Waals surface area (Å²) in [6.07, 6.45) is 0. The Labute approximate surface area is 458 Å². The summed E-state index contributed by atoms with van der Waals surface area (Å²) in [4.78, 5) is 0. The summed E-state index contributed by atoms with van der Waals surface area (Å²) >= 11 is 0. The second-order valence-electron chi connectivity index (χ2n) is 21.0. The minimum absolute atomic E-state index is 1.14. The molecule has 0 bridgehead atoms. The van der Waals surface area contributed by atoms with Crippen molar-refractivity contribution >= 4 is 86.4 Å². The van der Waals surface area contributed by atoms with Gasteiger partial charge < -0.3 is 4.57 Å². The first-order chi connectivity index (χ1) is 39.2. The van der Waals surface area contributed by atoms with Gasteiger partial charge in [0.1, 0.15) is 0 Å². The van der Waals surface area contributed by atoms with Crippen LogP contribution in [0.25, 0.3) is 159 Å². The van der Waals surface area contributed by atoms with Crippen LogP contribution >= 0.6 is 0 Å². The quantitative estimate of drug-likeness (QED) is 0.140. The van der Waals surface area contributed by atoms with Crippen LogP contribution in [0.5, 0.6) is 0 Å². The van der Waals surface area contributed by atoms with E-state index in [2.05, 4.69) is 302 Å². The number of aromatic nitrogens is 1. The summed E-state index contributed by atoms with van der Waals surface area (Å²) in [5.74, 6) is 0. The van der Waals surface area contributed by atoms with Gasteiger partial charge in [-0.3, -0.25) is 0 Å². The molecule has 0 saturated carbocycles. The minimum Gasteiger partial charge on any atom is -0.309 e. The Hall–Kier alpha value is -10.3. The zero-order valence-electron chi connectivity index (χ0n) is 43.2. The maximum atomic E-state index is 2.49. The standard InChI is InChI=1S/C78H49N/c1-4-21-52(22-5-1)73-62-29-12-16-33-66(62)75(67-34-17-13-30-63(67)73)54-43-39-50(40-44-54)57-37-20-38-61-59(57)47-48-71-77(61)78-60-28-11-10-27-58(60)70(49-72(78)79(71)56-25-8-3-9-26-56)51-41-45-55(46-42-51)76-68-35-18-14-31-64(68)74(53-23-6-2-7-24-53)65-32-15-19-36-69(65)76/h1-49H. The highest BCUT2D eigenvalue weighted by Gasteiger charge is 2.23. The molecule has 0 aliphatic heterocycles. The first kappa shape index (κ1) is 44.9. The lowest BCUT2D eigenvalue weighted by Gasteiger charge is -2.18. The van der Waals surface area contributed by atoms with Gasteiger partial charge in [0, 0.05) is 16.5 Å². The molecule has 0 aliphatic rings. The number of fused-ring (bicyclic) bond motifs is 11. The fraction of sp³-hybridized carbons (Fsp3) is 0. The second kappa shape index (κ2) is 18.2. The van der Waals surface area contributed by atoms with Gasteiger partial charge in [0.15, 0.2) is 0 Å². The highest BCUT2D eigenvalue weighted by atomic mass is 15.0. The van der Waals surface area contributed by atoms with Gasteiger partial charge in [-0.15, -0.1) is 0 Å². The monoisotopic (exact) mass is 999 g/mol. The van der Waals surface area contributed by atoms with Gasteiger partial charge in [0.2, 0.25) is 0 Å². The van der Waals surface area contributed by atoms with E-state index >= 15 is 0 Å². The van der Waals surface area contributed by atoms with Crippen LogP contribution in [0.3, 0.4) is 0 Å². The molecule has 366 valence electrons. The second-order valence-corrected chi connectivity index (χ2v) is 21.0. The van der Waals surface area contributed by atoms with Crippen molar-refractivity contribution in [2.75, 3.05) is 0 Å². The van der Waals surface area contributed by atoms with Crippen molar-refractivity contribution in [2.45, 2.75) is 0 Å². The van der Waals surface area contributed by atoms with Crippen molar-refractivity contribution < 1.29 is 0 Å². The van der Waals surface area contributed by atoms with Crippen molar-refractivity contribution in [3.05, 3.63) is 297 Å². The van der Waals surface area contributed by atoms with E-state index < -0.39 is 0 Å². The fourth-order valence-electron chi connectivity index (χ4n) is 13.4. The van der Waals surface area contributed by atoms with E-state index in [0.29, 0.717) is 0 Å². The molecule has 0 unspecified atom stereocenters. The molecule has 0 N–H and O–H groups in total. The van der Waals surface area contributed by atoms with Crippen molar-refractivity contribution in [3.63, 3.8) is 0 Å². The minimum atomic E-state index is 1.14. The van der Waals surface area contributed by atoms with Crippen LogP contribution in [0, 0.1) is 0 Å². The maximum absolute atomic E-state index is 2.49. The number of nitrogens with zero attached hydrogens (tertiary/aromatic N) is 1. The molecule has 1 aromatic heterocycles. The van der Waals surface area contributed by atoms with Gasteiger partial charge in [-0.1, -0.05) is 273 Å². The van der Waals surface area contributed by atoms with Gasteiger partial charge >= 0.3 is 0 Å². The normalized spacial score (nSPS) is 11.8. The Morgan fingerprint density at radius 1 is 0.177 bits per heavy atom. The predicted octanol–water partition coefficient (Wildman–Crippen LogP) is 21.7. The van der Waals surface area contributed by atoms with Gasteiger partial charge in [-0.2, -0.15) is 0 Å². The third-order valence-corrected chi connectivity index (χ3v) is 16.8. The summed E-state index contributed by atoms with van der Waals surface area (Å²) in [5, 5.41) is 17.6. The lowest BCUT2D eigenvalue weighted by atomic mass is 9.85. The summed E-state index contributed by atoms with van der Waals surface area (Å²) in [6.45, 7) is 0. The number of hydrogen-bond donors (Lipinski definition) is 0. The molecule has 0 spiro atoms. The van der Waals surface area contributed by atoms with E-state index in [0.717, 1.165) is 5.69 Å². The zero-order valence-corrected chi connectivity index (χ0v) is 43.2.